The lowest BCUT2D eigenvalue weighted by Crippen LogP contribution is -2.26. The number of benzene rings is 1. The Morgan fingerprint density at radius 2 is 1.92 bits per heavy atom. The number of hydrogen-bond donors (Lipinski definition) is 2. The number of unbranched alkanes of at least 4 members (excludes halogenated alkanes) is 2. The molecule has 1 aromatic heterocycles. The number of rotatable bonds is 9. The maximum absolute atomic E-state index is 12.0. The second kappa shape index (κ2) is 8.81. The topological polar surface area (TPSA) is 97.1 Å². The first-order chi connectivity index (χ1) is 11.6. The van der Waals surface area contributed by atoms with Crippen LogP contribution in [-0.4, -0.2) is 38.5 Å². The highest BCUT2D eigenvalue weighted by molar-refractivity contribution is 5.78. The van der Waals surface area contributed by atoms with Crippen LogP contribution in [0.15, 0.2) is 30.3 Å². The number of hydrogen-bond acceptors (Lipinski definition) is 4. The molecule has 128 valence electrons. The highest BCUT2D eigenvalue weighted by atomic mass is 16.4. The molecular formula is C17H22N4O3. The van der Waals surface area contributed by atoms with Crippen molar-refractivity contribution in [2.75, 3.05) is 6.54 Å². The molecule has 2 rings (SSSR count). The number of carboxylic acids is 1. The summed E-state index contributed by atoms with van der Waals surface area (Å²) in [4.78, 5) is 22.4. The molecule has 2 N–H and O–H groups in total. The van der Waals surface area contributed by atoms with Crippen molar-refractivity contribution in [1.82, 2.24) is 20.3 Å². The first kappa shape index (κ1) is 17.7. The third kappa shape index (κ3) is 5.19. The van der Waals surface area contributed by atoms with Crippen molar-refractivity contribution in [2.24, 2.45) is 0 Å². The Labute approximate surface area is 140 Å². The largest absolute Gasteiger partial charge is 0.481 e. The van der Waals surface area contributed by atoms with E-state index < -0.39 is 5.97 Å². The van der Waals surface area contributed by atoms with Gasteiger partial charge in [0, 0.05) is 13.0 Å². The van der Waals surface area contributed by atoms with Gasteiger partial charge in [-0.1, -0.05) is 29.8 Å². The average Bonchev–Trinajstić information content (AvgIpc) is 2.92. The lowest BCUT2D eigenvalue weighted by Gasteiger charge is -2.05. The van der Waals surface area contributed by atoms with Crippen LogP contribution in [0.2, 0.25) is 0 Å². The first-order valence-electron chi connectivity index (χ1n) is 8.03. The number of carbonyl (C=O) groups excluding carboxylic acids is 1. The molecule has 0 aliphatic heterocycles. The van der Waals surface area contributed by atoms with Gasteiger partial charge in [-0.15, -0.1) is 5.10 Å². The van der Waals surface area contributed by atoms with E-state index in [0.717, 1.165) is 24.2 Å². The molecule has 0 atom stereocenters. The van der Waals surface area contributed by atoms with Gasteiger partial charge in [0.15, 0.2) is 0 Å². The number of aliphatic carboxylic acids is 1. The molecule has 0 saturated carbocycles. The number of nitrogens with one attached hydrogen (secondary N) is 1. The van der Waals surface area contributed by atoms with Crippen molar-refractivity contribution in [3.8, 4) is 5.69 Å². The molecule has 0 aliphatic carbocycles. The predicted molar refractivity (Wildman–Crippen MR) is 88.9 cm³/mol. The van der Waals surface area contributed by atoms with Gasteiger partial charge in [-0.3, -0.25) is 9.59 Å². The third-order valence-corrected chi connectivity index (χ3v) is 3.71. The molecule has 0 saturated heterocycles. The molecule has 7 heteroatoms. The minimum Gasteiger partial charge on any atom is -0.481 e. The van der Waals surface area contributed by atoms with E-state index >= 15 is 0 Å². The third-order valence-electron chi connectivity index (χ3n) is 3.71. The van der Waals surface area contributed by atoms with E-state index in [2.05, 4.69) is 15.6 Å². The molecule has 0 fully saturated rings. The molecule has 7 nitrogen and oxygen atoms in total. The van der Waals surface area contributed by atoms with Gasteiger partial charge < -0.3 is 10.4 Å². The number of aromatic nitrogens is 3. The number of amides is 1. The van der Waals surface area contributed by atoms with Crippen LogP contribution in [0.5, 0.6) is 0 Å². The van der Waals surface area contributed by atoms with E-state index in [4.69, 9.17) is 5.11 Å². The molecule has 1 heterocycles. The van der Waals surface area contributed by atoms with Crippen molar-refractivity contribution in [3.05, 3.63) is 41.7 Å². The quantitative estimate of drug-likeness (QED) is 0.684. The van der Waals surface area contributed by atoms with E-state index in [1.807, 2.05) is 37.3 Å². The summed E-state index contributed by atoms with van der Waals surface area (Å²) in [5.41, 5.74) is 2.41. The first-order valence-corrected chi connectivity index (χ1v) is 8.03. The molecule has 0 spiro atoms. The molecule has 0 bridgehead atoms. The summed E-state index contributed by atoms with van der Waals surface area (Å²) in [6.45, 7) is 2.44. The fourth-order valence-corrected chi connectivity index (χ4v) is 2.36. The standard InChI is InChI=1S/C17H22N4O3/c1-13-15(19-20-21(13)14-8-4-2-5-9-14)12-16(22)18-11-7-3-6-10-17(23)24/h2,4-5,8-9H,3,6-7,10-12H2,1H3,(H,18,22)(H,23,24). The Balaban J connectivity index is 1.78. The second-order valence-corrected chi connectivity index (χ2v) is 5.60. The SMILES string of the molecule is Cc1c(CC(=O)NCCCCCC(=O)O)nnn1-c1ccccc1. The average molecular weight is 330 g/mol. The number of nitrogens with zero attached hydrogens (tertiary/aromatic N) is 3. The van der Waals surface area contributed by atoms with Crippen molar-refractivity contribution in [1.29, 1.82) is 0 Å². The minimum absolute atomic E-state index is 0.101. The maximum Gasteiger partial charge on any atom is 0.303 e. The van der Waals surface area contributed by atoms with Crippen LogP contribution in [0.4, 0.5) is 0 Å². The van der Waals surface area contributed by atoms with Gasteiger partial charge in [0.2, 0.25) is 5.91 Å². The number of carboxylic acid groups (broad SMARTS) is 1. The second-order valence-electron chi connectivity index (χ2n) is 5.60. The molecule has 1 amide bonds. The Hall–Kier alpha value is -2.70. The number of carbonyl (C=O) groups is 2. The van der Waals surface area contributed by atoms with Gasteiger partial charge in [-0.05, 0) is 31.9 Å². The summed E-state index contributed by atoms with van der Waals surface area (Å²) in [5.74, 6) is -0.882. The normalized spacial score (nSPS) is 10.5. The maximum atomic E-state index is 12.0. The molecule has 24 heavy (non-hydrogen) atoms. The molecule has 2 aromatic rings. The molecule has 0 unspecified atom stereocenters. The fourth-order valence-electron chi connectivity index (χ4n) is 2.36. The van der Waals surface area contributed by atoms with Crippen molar-refractivity contribution < 1.29 is 14.7 Å². The van der Waals surface area contributed by atoms with E-state index in [0.29, 0.717) is 18.7 Å². The Morgan fingerprint density at radius 1 is 1.17 bits per heavy atom. The smallest absolute Gasteiger partial charge is 0.303 e. The van der Waals surface area contributed by atoms with Gasteiger partial charge in [-0.2, -0.15) is 0 Å². The zero-order valence-electron chi connectivity index (χ0n) is 13.7. The van der Waals surface area contributed by atoms with Gasteiger partial charge in [0.05, 0.1) is 23.5 Å². The zero-order valence-corrected chi connectivity index (χ0v) is 13.7. The summed E-state index contributed by atoms with van der Waals surface area (Å²) in [5, 5.41) is 19.6. The summed E-state index contributed by atoms with van der Waals surface area (Å²) < 4.78 is 1.72. The lowest BCUT2D eigenvalue weighted by atomic mass is 10.2. The van der Waals surface area contributed by atoms with Crippen LogP contribution in [0, 0.1) is 6.92 Å². The fraction of sp³-hybridized carbons (Fsp3) is 0.412. The monoisotopic (exact) mass is 330 g/mol. The van der Waals surface area contributed by atoms with Crippen LogP contribution in [-0.2, 0) is 16.0 Å². The van der Waals surface area contributed by atoms with Crippen LogP contribution < -0.4 is 5.32 Å². The van der Waals surface area contributed by atoms with Crippen molar-refractivity contribution >= 4 is 11.9 Å². The Kier molecular flexibility index (Phi) is 6.48. The van der Waals surface area contributed by atoms with E-state index in [9.17, 15) is 9.59 Å². The Morgan fingerprint density at radius 3 is 2.62 bits per heavy atom. The van der Waals surface area contributed by atoms with Gasteiger partial charge in [-0.25, -0.2) is 4.68 Å². The summed E-state index contributed by atoms with van der Waals surface area (Å²) in [6.07, 6.45) is 2.56. The van der Waals surface area contributed by atoms with Crippen LogP contribution >= 0.6 is 0 Å². The molecule has 0 radical (unpaired) electrons. The van der Waals surface area contributed by atoms with Gasteiger partial charge >= 0.3 is 5.97 Å². The molecule has 0 aliphatic rings. The summed E-state index contributed by atoms with van der Waals surface area (Å²) >= 11 is 0. The van der Waals surface area contributed by atoms with Crippen molar-refractivity contribution in [3.63, 3.8) is 0 Å². The molecule has 1 aromatic carbocycles. The van der Waals surface area contributed by atoms with Gasteiger partial charge in [0.1, 0.15) is 0 Å². The Bertz CT molecular complexity index is 682. The van der Waals surface area contributed by atoms with Crippen LogP contribution in [0.1, 0.15) is 37.1 Å². The number of para-hydroxylation sites is 1. The van der Waals surface area contributed by atoms with Crippen LogP contribution in [0.25, 0.3) is 5.69 Å². The molecular weight excluding hydrogens is 308 g/mol. The highest BCUT2D eigenvalue weighted by Gasteiger charge is 2.13. The highest BCUT2D eigenvalue weighted by Crippen LogP contribution is 2.12. The van der Waals surface area contributed by atoms with Crippen LogP contribution in [0.3, 0.4) is 0 Å². The lowest BCUT2D eigenvalue weighted by molar-refractivity contribution is -0.137. The minimum atomic E-state index is -0.781. The van der Waals surface area contributed by atoms with E-state index in [1.165, 1.54) is 0 Å². The summed E-state index contributed by atoms with van der Waals surface area (Å²) in [6, 6.07) is 9.65. The van der Waals surface area contributed by atoms with E-state index in [-0.39, 0.29) is 18.7 Å². The summed E-state index contributed by atoms with van der Waals surface area (Å²) in [7, 11) is 0. The van der Waals surface area contributed by atoms with Gasteiger partial charge in [0.25, 0.3) is 0 Å². The van der Waals surface area contributed by atoms with E-state index in [1.54, 1.807) is 4.68 Å². The zero-order chi connectivity index (χ0) is 17.4. The predicted octanol–water partition coefficient (Wildman–Crippen LogP) is 1.88. The van der Waals surface area contributed by atoms with Crippen molar-refractivity contribution in [2.45, 2.75) is 39.0 Å².